The highest BCUT2D eigenvalue weighted by Crippen LogP contribution is 2.10. The largest absolute Gasteiger partial charge is 0.207 e. The molecule has 0 N–H and O–H groups in total. The molecule has 0 atom stereocenters. The Morgan fingerprint density at radius 2 is 1.56 bits per heavy atom. The van der Waals surface area contributed by atoms with E-state index in [0.717, 1.165) is 11.1 Å². The molecule has 2 rings (SSSR count). The van der Waals surface area contributed by atoms with Gasteiger partial charge in [0.25, 0.3) is 0 Å². The molecule has 0 spiro atoms. The van der Waals surface area contributed by atoms with Gasteiger partial charge in [-0.05, 0) is 30.2 Å². The maximum Gasteiger partial charge on any atom is 0.123 e. The van der Waals surface area contributed by atoms with Crippen molar-refractivity contribution in [3.63, 3.8) is 0 Å². The standard InChI is InChI=1S/C17H15F/c1-14(13-16-5-3-2-4-6-16)7-8-15-9-11-17(18)12-10-15/h2-13H,1H3. The number of halogens is 1. The monoisotopic (exact) mass is 238 g/mol. The molecule has 0 bridgehead atoms. The van der Waals surface area contributed by atoms with Gasteiger partial charge in [0.05, 0.1) is 0 Å². The Morgan fingerprint density at radius 1 is 0.889 bits per heavy atom. The van der Waals surface area contributed by atoms with Gasteiger partial charge in [-0.25, -0.2) is 4.39 Å². The summed E-state index contributed by atoms with van der Waals surface area (Å²) in [5, 5.41) is 0. The number of hydrogen-bond acceptors (Lipinski definition) is 0. The van der Waals surface area contributed by atoms with Gasteiger partial charge >= 0.3 is 0 Å². The molecule has 0 aliphatic carbocycles. The normalized spacial score (nSPS) is 12.0. The molecule has 0 aliphatic rings. The first kappa shape index (κ1) is 12.3. The predicted octanol–water partition coefficient (Wildman–Crippen LogP) is 4.94. The second-order valence-corrected chi connectivity index (χ2v) is 4.18. The van der Waals surface area contributed by atoms with Crippen molar-refractivity contribution >= 4 is 12.2 Å². The summed E-state index contributed by atoms with van der Waals surface area (Å²) in [7, 11) is 0. The van der Waals surface area contributed by atoms with E-state index in [1.807, 2.05) is 37.3 Å². The Hall–Kier alpha value is -2.15. The van der Waals surface area contributed by atoms with Crippen LogP contribution in [-0.2, 0) is 0 Å². The van der Waals surface area contributed by atoms with Crippen LogP contribution in [0.25, 0.3) is 12.2 Å². The van der Waals surface area contributed by atoms with Crippen LogP contribution in [0.4, 0.5) is 4.39 Å². The van der Waals surface area contributed by atoms with Crippen LogP contribution in [0.2, 0.25) is 0 Å². The third-order valence-electron chi connectivity index (χ3n) is 2.60. The molecule has 2 aromatic carbocycles. The molecule has 18 heavy (non-hydrogen) atoms. The van der Waals surface area contributed by atoms with E-state index < -0.39 is 0 Å². The number of rotatable bonds is 3. The van der Waals surface area contributed by atoms with Crippen LogP contribution in [0.5, 0.6) is 0 Å². The molecule has 0 unspecified atom stereocenters. The zero-order valence-electron chi connectivity index (χ0n) is 10.3. The second-order valence-electron chi connectivity index (χ2n) is 4.18. The van der Waals surface area contributed by atoms with Crippen molar-refractivity contribution in [3.8, 4) is 0 Å². The van der Waals surface area contributed by atoms with E-state index in [4.69, 9.17) is 0 Å². The van der Waals surface area contributed by atoms with Crippen LogP contribution in [-0.4, -0.2) is 0 Å². The van der Waals surface area contributed by atoms with Crippen LogP contribution < -0.4 is 0 Å². The summed E-state index contributed by atoms with van der Waals surface area (Å²) in [5.41, 5.74) is 3.33. The molecule has 2 aromatic rings. The minimum atomic E-state index is -0.205. The Labute approximate surface area is 107 Å². The average Bonchev–Trinajstić information content (AvgIpc) is 2.39. The van der Waals surface area contributed by atoms with Gasteiger partial charge < -0.3 is 0 Å². The van der Waals surface area contributed by atoms with E-state index in [-0.39, 0.29) is 5.82 Å². The third kappa shape index (κ3) is 3.70. The SMILES string of the molecule is CC(C=Cc1ccc(F)cc1)=Cc1ccccc1. The summed E-state index contributed by atoms with van der Waals surface area (Å²) in [6.07, 6.45) is 6.12. The lowest BCUT2D eigenvalue weighted by molar-refractivity contribution is 0.628. The summed E-state index contributed by atoms with van der Waals surface area (Å²) in [6.45, 7) is 2.05. The van der Waals surface area contributed by atoms with Gasteiger partial charge in [0.15, 0.2) is 0 Å². The molecule has 0 fully saturated rings. The highest BCUT2D eigenvalue weighted by atomic mass is 19.1. The molecule has 90 valence electrons. The number of benzene rings is 2. The molecule has 0 aliphatic heterocycles. The summed E-state index contributed by atoms with van der Waals surface area (Å²) in [4.78, 5) is 0. The zero-order valence-corrected chi connectivity index (χ0v) is 10.3. The lowest BCUT2D eigenvalue weighted by atomic mass is 10.1. The topological polar surface area (TPSA) is 0 Å². The quantitative estimate of drug-likeness (QED) is 0.664. The van der Waals surface area contributed by atoms with Crippen LogP contribution in [0.1, 0.15) is 18.1 Å². The van der Waals surface area contributed by atoms with E-state index in [9.17, 15) is 4.39 Å². The van der Waals surface area contributed by atoms with Crippen LogP contribution in [0, 0.1) is 5.82 Å². The van der Waals surface area contributed by atoms with E-state index >= 15 is 0 Å². The molecule has 0 saturated carbocycles. The molecule has 0 amide bonds. The van der Waals surface area contributed by atoms with Crippen LogP contribution in [0.15, 0.2) is 66.2 Å². The molecule has 0 heterocycles. The first-order chi connectivity index (χ1) is 8.74. The Bertz CT molecular complexity index is 548. The van der Waals surface area contributed by atoms with Gasteiger partial charge in [-0.3, -0.25) is 0 Å². The summed E-state index contributed by atoms with van der Waals surface area (Å²) >= 11 is 0. The van der Waals surface area contributed by atoms with Crippen molar-refractivity contribution in [2.75, 3.05) is 0 Å². The molecule has 1 heteroatoms. The van der Waals surface area contributed by atoms with Crippen molar-refractivity contribution in [1.29, 1.82) is 0 Å². The molecule has 0 saturated heterocycles. The maximum atomic E-state index is 12.7. The maximum absolute atomic E-state index is 12.7. The smallest absolute Gasteiger partial charge is 0.123 e. The summed E-state index contributed by atoms with van der Waals surface area (Å²) < 4.78 is 12.7. The molecular weight excluding hydrogens is 223 g/mol. The van der Waals surface area contributed by atoms with Gasteiger partial charge in [-0.1, -0.05) is 66.3 Å². The lowest BCUT2D eigenvalue weighted by Gasteiger charge is -1.96. The Balaban J connectivity index is 2.09. The van der Waals surface area contributed by atoms with Gasteiger partial charge in [0.1, 0.15) is 5.82 Å². The first-order valence-electron chi connectivity index (χ1n) is 5.91. The highest BCUT2D eigenvalue weighted by molar-refractivity contribution is 5.60. The fourth-order valence-electron chi connectivity index (χ4n) is 1.66. The highest BCUT2D eigenvalue weighted by Gasteiger charge is 1.90. The predicted molar refractivity (Wildman–Crippen MR) is 75.5 cm³/mol. The van der Waals surface area contributed by atoms with Gasteiger partial charge in [-0.2, -0.15) is 0 Å². The lowest BCUT2D eigenvalue weighted by Crippen LogP contribution is -1.76. The zero-order chi connectivity index (χ0) is 12.8. The molecule has 0 nitrogen and oxygen atoms in total. The van der Waals surface area contributed by atoms with Gasteiger partial charge in [0, 0.05) is 0 Å². The second kappa shape index (κ2) is 5.97. The fourth-order valence-corrected chi connectivity index (χ4v) is 1.66. The fraction of sp³-hybridized carbons (Fsp3) is 0.0588. The van der Waals surface area contributed by atoms with Crippen molar-refractivity contribution in [2.24, 2.45) is 0 Å². The minimum Gasteiger partial charge on any atom is -0.207 e. The van der Waals surface area contributed by atoms with E-state index in [1.54, 1.807) is 12.1 Å². The third-order valence-corrected chi connectivity index (χ3v) is 2.60. The number of hydrogen-bond donors (Lipinski definition) is 0. The van der Waals surface area contributed by atoms with E-state index in [2.05, 4.69) is 18.2 Å². The van der Waals surface area contributed by atoms with Crippen molar-refractivity contribution < 1.29 is 4.39 Å². The number of allylic oxidation sites excluding steroid dienone is 2. The Kier molecular flexibility index (Phi) is 4.08. The molecular formula is C17H15F. The van der Waals surface area contributed by atoms with Crippen molar-refractivity contribution in [2.45, 2.75) is 6.92 Å². The van der Waals surface area contributed by atoms with Crippen LogP contribution in [0.3, 0.4) is 0 Å². The average molecular weight is 238 g/mol. The van der Waals surface area contributed by atoms with Crippen molar-refractivity contribution in [1.82, 2.24) is 0 Å². The van der Waals surface area contributed by atoms with E-state index in [1.165, 1.54) is 17.7 Å². The summed E-state index contributed by atoms with van der Waals surface area (Å²) in [5.74, 6) is -0.205. The summed E-state index contributed by atoms with van der Waals surface area (Å²) in [6, 6.07) is 16.6. The molecule has 0 radical (unpaired) electrons. The Morgan fingerprint density at radius 3 is 2.22 bits per heavy atom. The first-order valence-corrected chi connectivity index (χ1v) is 5.91. The van der Waals surface area contributed by atoms with Gasteiger partial charge in [0.2, 0.25) is 0 Å². The van der Waals surface area contributed by atoms with Crippen molar-refractivity contribution in [3.05, 3.63) is 83.2 Å². The van der Waals surface area contributed by atoms with E-state index in [0.29, 0.717) is 0 Å². The van der Waals surface area contributed by atoms with Gasteiger partial charge in [-0.15, -0.1) is 0 Å². The molecule has 0 aromatic heterocycles. The van der Waals surface area contributed by atoms with Crippen LogP contribution >= 0.6 is 0 Å². The minimum absolute atomic E-state index is 0.205.